The van der Waals surface area contributed by atoms with Crippen molar-refractivity contribution in [1.29, 1.82) is 0 Å². The van der Waals surface area contributed by atoms with Crippen molar-refractivity contribution in [3.05, 3.63) is 261 Å². The van der Waals surface area contributed by atoms with E-state index in [1.165, 1.54) is 97.2 Å². The maximum absolute atomic E-state index is 2.50. The summed E-state index contributed by atoms with van der Waals surface area (Å²) < 4.78 is 2.43. The van der Waals surface area contributed by atoms with E-state index in [9.17, 15) is 0 Å². The fraction of sp³-hybridized carbons (Fsp3) is 0. The maximum atomic E-state index is 2.50. The first-order valence-corrected chi connectivity index (χ1v) is 23.6. The van der Waals surface area contributed by atoms with Gasteiger partial charge in [0.15, 0.2) is 0 Å². The molecule has 0 saturated carbocycles. The van der Waals surface area contributed by atoms with Crippen molar-refractivity contribution in [2.24, 2.45) is 0 Å². The smallest absolute Gasteiger partial charge is 0.0535 e. The number of hydrogen-bond donors (Lipinski definition) is 0. The highest BCUT2D eigenvalue weighted by Gasteiger charge is 2.42. The summed E-state index contributed by atoms with van der Waals surface area (Å²) in [5.74, 6) is 0. The Balaban J connectivity index is 1.06. The van der Waals surface area contributed by atoms with E-state index in [1.807, 2.05) is 0 Å². The van der Waals surface area contributed by atoms with Gasteiger partial charge in [-0.15, -0.1) is 10.0 Å². The van der Waals surface area contributed by atoms with Crippen molar-refractivity contribution < 1.29 is 0 Å². The Morgan fingerprint density at radius 2 is 0.641 bits per heavy atom. The molecule has 11 aromatic rings. The summed E-state index contributed by atoms with van der Waals surface area (Å²) in [7, 11) is -1.91. The van der Waals surface area contributed by atoms with E-state index in [4.69, 9.17) is 0 Å². The first-order chi connectivity index (χ1) is 31.7. The third-order valence-electron chi connectivity index (χ3n) is 12.9. The van der Waals surface area contributed by atoms with E-state index >= 15 is 0 Å². The number of benzene rings is 10. The molecular formula is C62H43NS. The van der Waals surface area contributed by atoms with Gasteiger partial charge in [-0.3, -0.25) is 0 Å². The molecule has 12 rings (SSSR count). The van der Waals surface area contributed by atoms with Crippen LogP contribution in [-0.2, 0) is 0 Å². The van der Waals surface area contributed by atoms with Gasteiger partial charge in [-0.05, 0) is 116 Å². The molecule has 2 heteroatoms. The largest absolute Gasteiger partial charge is 0.316 e. The lowest BCUT2D eigenvalue weighted by Crippen LogP contribution is -2.03. The van der Waals surface area contributed by atoms with Crippen LogP contribution >= 0.6 is 10.0 Å². The monoisotopic (exact) mass is 833 g/mol. The van der Waals surface area contributed by atoms with Gasteiger partial charge in [0.25, 0.3) is 0 Å². The number of rotatable bonds is 8. The van der Waals surface area contributed by atoms with Crippen molar-refractivity contribution in [3.8, 4) is 72.4 Å². The molecular weight excluding hydrogens is 791 g/mol. The molecule has 0 amide bonds. The van der Waals surface area contributed by atoms with Gasteiger partial charge >= 0.3 is 0 Å². The van der Waals surface area contributed by atoms with Gasteiger partial charge in [0, 0.05) is 42.4 Å². The number of aromatic nitrogens is 1. The SMILES string of the molecule is c1ccc(-c2ccc(-c3ccc4c(c3)c(-c3ccc(-c5ccccc5)cc3)cn4-c3ccc4c(c3)S(c3ccccc3)(c3ccccc3)c3cc(-c5ccccc5)ccc3-4)cc2)cc1. The van der Waals surface area contributed by atoms with Crippen LogP contribution in [0.4, 0.5) is 0 Å². The third-order valence-corrected chi connectivity index (χ3v) is 16.9. The normalized spacial score (nSPS) is 13.0. The summed E-state index contributed by atoms with van der Waals surface area (Å²) in [4.78, 5) is 5.43. The molecule has 0 radical (unpaired) electrons. The summed E-state index contributed by atoms with van der Waals surface area (Å²) in [6.45, 7) is 0. The van der Waals surface area contributed by atoms with Crippen LogP contribution in [0, 0.1) is 0 Å². The molecule has 0 bridgehead atoms. The van der Waals surface area contributed by atoms with E-state index in [0.717, 1.165) is 5.69 Å². The Morgan fingerprint density at radius 1 is 0.266 bits per heavy atom. The Hall–Kier alpha value is -7.91. The molecule has 0 fully saturated rings. The molecule has 10 aromatic carbocycles. The fourth-order valence-electron chi connectivity index (χ4n) is 9.77. The van der Waals surface area contributed by atoms with Gasteiger partial charge in [-0.1, -0.05) is 200 Å². The maximum Gasteiger partial charge on any atom is 0.0535 e. The van der Waals surface area contributed by atoms with Crippen LogP contribution in [0.1, 0.15) is 0 Å². The molecule has 0 aliphatic carbocycles. The quantitative estimate of drug-likeness (QED) is 0.144. The molecule has 0 unspecified atom stereocenters. The van der Waals surface area contributed by atoms with Crippen molar-refractivity contribution in [1.82, 2.24) is 4.57 Å². The Kier molecular flexibility index (Phi) is 9.32. The van der Waals surface area contributed by atoms with Crippen molar-refractivity contribution in [2.75, 3.05) is 0 Å². The topological polar surface area (TPSA) is 4.93 Å². The van der Waals surface area contributed by atoms with E-state index in [-0.39, 0.29) is 0 Å². The molecule has 1 nitrogen and oxygen atoms in total. The van der Waals surface area contributed by atoms with Gasteiger partial charge in [0.1, 0.15) is 0 Å². The van der Waals surface area contributed by atoms with Crippen LogP contribution in [0.25, 0.3) is 83.4 Å². The molecule has 0 saturated heterocycles. The molecule has 302 valence electrons. The van der Waals surface area contributed by atoms with Crippen LogP contribution in [0.15, 0.2) is 281 Å². The second-order valence-electron chi connectivity index (χ2n) is 16.5. The highest BCUT2D eigenvalue weighted by molar-refractivity contribution is 8.34. The average Bonchev–Trinajstić information content (AvgIpc) is 3.91. The molecule has 1 aromatic heterocycles. The summed E-state index contributed by atoms with van der Waals surface area (Å²) in [6.07, 6.45) is 2.36. The fourth-order valence-corrected chi connectivity index (χ4v) is 14.0. The van der Waals surface area contributed by atoms with Crippen LogP contribution in [0.5, 0.6) is 0 Å². The van der Waals surface area contributed by atoms with E-state index < -0.39 is 10.0 Å². The minimum Gasteiger partial charge on any atom is -0.316 e. The third kappa shape index (κ3) is 6.34. The lowest BCUT2D eigenvalue weighted by molar-refractivity contribution is 1.11. The Morgan fingerprint density at radius 3 is 1.17 bits per heavy atom. The second-order valence-corrected chi connectivity index (χ2v) is 19.6. The summed E-state index contributed by atoms with van der Waals surface area (Å²) >= 11 is 0. The Labute approximate surface area is 376 Å². The van der Waals surface area contributed by atoms with E-state index in [1.54, 1.807) is 0 Å². The molecule has 0 atom stereocenters. The number of nitrogens with zero attached hydrogens (tertiary/aromatic N) is 1. The van der Waals surface area contributed by atoms with Gasteiger partial charge in [-0.2, -0.15) is 0 Å². The summed E-state index contributed by atoms with van der Waals surface area (Å²) in [6, 6.07) is 94.0. The predicted octanol–water partition coefficient (Wildman–Crippen LogP) is 17.3. The lowest BCUT2D eigenvalue weighted by Gasteiger charge is -2.39. The molecule has 0 spiro atoms. The predicted molar refractivity (Wildman–Crippen MR) is 269 cm³/mol. The van der Waals surface area contributed by atoms with Crippen molar-refractivity contribution in [2.45, 2.75) is 19.6 Å². The van der Waals surface area contributed by atoms with Gasteiger partial charge < -0.3 is 4.57 Å². The van der Waals surface area contributed by atoms with Crippen LogP contribution in [-0.4, -0.2) is 4.57 Å². The zero-order chi connectivity index (χ0) is 42.5. The van der Waals surface area contributed by atoms with Crippen LogP contribution in [0.2, 0.25) is 0 Å². The molecule has 64 heavy (non-hydrogen) atoms. The van der Waals surface area contributed by atoms with E-state index in [2.05, 4.69) is 266 Å². The summed E-state index contributed by atoms with van der Waals surface area (Å²) in [5, 5.41) is 1.22. The minimum absolute atomic E-state index is 1.15. The highest BCUT2D eigenvalue weighted by Crippen LogP contribution is 2.80. The van der Waals surface area contributed by atoms with E-state index in [0.29, 0.717) is 0 Å². The standard InChI is InChI=1S/C62H43NS/c1-6-16-44(17-7-1)47-26-28-49(29-27-47)51-35-39-60-58(40-51)59(50-32-30-48(31-33-50)45-18-8-2-9-19-45)43-63(60)53-36-38-57-56-37-34-52(46-20-10-3-11-21-46)41-61(56)64(62(57)42-53,54-22-12-4-13-23-54)55-24-14-5-15-25-55/h1-43H. The number of hydrogen-bond acceptors (Lipinski definition) is 0. The zero-order valence-electron chi connectivity index (χ0n) is 35.2. The van der Waals surface area contributed by atoms with Gasteiger partial charge in [-0.25, -0.2) is 0 Å². The first kappa shape index (κ1) is 37.8. The first-order valence-electron chi connectivity index (χ1n) is 22.0. The van der Waals surface area contributed by atoms with Gasteiger partial charge in [0.2, 0.25) is 0 Å². The molecule has 0 N–H and O–H groups in total. The van der Waals surface area contributed by atoms with Crippen molar-refractivity contribution in [3.63, 3.8) is 0 Å². The summed E-state index contributed by atoms with van der Waals surface area (Å²) in [5.41, 5.74) is 17.1. The molecule has 1 aliphatic heterocycles. The second kappa shape index (κ2) is 15.8. The van der Waals surface area contributed by atoms with Crippen molar-refractivity contribution >= 4 is 20.9 Å². The minimum atomic E-state index is -1.91. The lowest BCUT2D eigenvalue weighted by atomic mass is 9.97. The average molecular weight is 834 g/mol. The van der Waals surface area contributed by atoms with Gasteiger partial charge in [0.05, 0.1) is 5.52 Å². The van der Waals surface area contributed by atoms with Crippen LogP contribution < -0.4 is 0 Å². The number of fused-ring (bicyclic) bond motifs is 4. The molecule has 1 aliphatic rings. The highest BCUT2D eigenvalue weighted by atomic mass is 32.3. The zero-order valence-corrected chi connectivity index (χ0v) is 36.0. The Bertz CT molecular complexity index is 3390. The molecule has 2 heterocycles. The van der Waals surface area contributed by atoms with Crippen LogP contribution in [0.3, 0.4) is 0 Å².